The first-order valence-corrected chi connectivity index (χ1v) is 4.48. The quantitative estimate of drug-likeness (QED) is 0.729. The Morgan fingerprint density at radius 1 is 1.23 bits per heavy atom. The van der Waals surface area contributed by atoms with E-state index in [0.717, 1.165) is 5.56 Å². The summed E-state index contributed by atoms with van der Waals surface area (Å²) in [5, 5.41) is 1.18. The third-order valence-corrected chi connectivity index (χ3v) is 2.32. The highest BCUT2D eigenvalue weighted by Gasteiger charge is 2.08. The lowest BCUT2D eigenvalue weighted by atomic mass is 10.2. The number of rotatable bonds is 3. The highest BCUT2D eigenvalue weighted by atomic mass is 35.5. The molecule has 72 valence electrons. The van der Waals surface area contributed by atoms with E-state index in [2.05, 4.69) is 0 Å². The maximum absolute atomic E-state index is 5.90. The van der Waals surface area contributed by atoms with Crippen molar-refractivity contribution in [1.82, 2.24) is 0 Å². The minimum atomic E-state index is 0.168. The second-order valence-corrected chi connectivity index (χ2v) is 3.35. The summed E-state index contributed by atoms with van der Waals surface area (Å²) in [7, 11) is 1.55. The van der Waals surface area contributed by atoms with Crippen LogP contribution in [0.3, 0.4) is 0 Å². The van der Waals surface area contributed by atoms with Gasteiger partial charge in [0.25, 0.3) is 0 Å². The normalized spacial score (nSPS) is 10.2. The molecule has 0 aliphatic carbocycles. The van der Waals surface area contributed by atoms with Gasteiger partial charge in [0.1, 0.15) is 5.75 Å². The van der Waals surface area contributed by atoms with Gasteiger partial charge in [-0.25, -0.2) is 0 Å². The van der Waals surface area contributed by atoms with E-state index in [9.17, 15) is 0 Å². The first-order chi connectivity index (χ1) is 6.16. The molecule has 0 heterocycles. The Morgan fingerprint density at radius 2 is 1.85 bits per heavy atom. The van der Waals surface area contributed by atoms with Crippen molar-refractivity contribution >= 4 is 23.2 Å². The number of methoxy groups -OCH3 is 1. The molecule has 0 spiro atoms. The first-order valence-electron chi connectivity index (χ1n) is 3.73. The second kappa shape index (κ2) is 4.70. The number of benzene rings is 1. The van der Waals surface area contributed by atoms with E-state index in [1.807, 2.05) is 6.92 Å². The lowest BCUT2D eigenvalue weighted by molar-refractivity contribution is 0.0507. The van der Waals surface area contributed by atoms with Gasteiger partial charge in [-0.2, -0.15) is 0 Å². The zero-order valence-electron chi connectivity index (χ0n) is 7.43. The van der Waals surface area contributed by atoms with Crippen molar-refractivity contribution in [2.24, 2.45) is 0 Å². The molecule has 0 aliphatic rings. The molecule has 0 aromatic heterocycles. The molecule has 0 N–H and O–H groups in total. The van der Waals surface area contributed by atoms with E-state index in [1.54, 1.807) is 19.2 Å². The fraction of sp³-hybridized carbons (Fsp3) is 0.333. The zero-order chi connectivity index (χ0) is 9.84. The molecule has 1 rings (SSSR count). The second-order valence-electron chi connectivity index (χ2n) is 2.53. The predicted octanol–water partition coefficient (Wildman–Crippen LogP) is 3.28. The van der Waals surface area contributed by atoms with Crippen LogP contribution in [0.5, 0.6) is 5.75 Å². The largest absolute Gasteiger partial charge is 0.466 e. The van der Waals surface area contributed by atoms with Crippen molar-refractivity contribution in [3.8, 4) is 5.75 Å². The Kier molecular flexibility index (Phi) is 3.85. The van der Waals surface area contributed by atoms with Gasteiger partial charge in [0.2, 0.25) is 0 Å². The third kappa shape index (κ3) is 2.50. The topological polar surface area (TPSA) is 18.5 Å². The molecule has 0 atom stereocenters. The van der Waals surface area contributed by atoms with E-state index in [-0.39, 0.29) is 6.79 Å². The van der Waals surface area contributed by atoms with E-state index in [1.165, 1.54) is 0 Å². The van der Waals surface area contributed by atoms with Gasteiger partial charge in [-0.05, 0) is 19.1 Å². The molecule has 0 fully saturated rings. The van der Waals surface area contributed by atoms with Gasteiger partial charge in [-0.1, -0.05) is 23.2 Å². The van der Waals surface area contributed by atoms with Crippen molar-refractivity contribution in [1.29, 1.82) is 0 Å². The highest BCUT2D eigenvalue weighted by Crippen LogP contribution is 2.32. The Bertz CT molecular complexity index is 300. The van der Waals surface area contributed by atoms with Gasteiger partial charge in [0, 0.05) is 17.7 Å². The van der Waals surface area contributed by atoms with Crippen LogP contribution in [-0.4, -0.2) is 13.9 Å². The van der Waals surface area contributed by atoms with Crippen molar-refractivity contribution in [2.75, 3.05) is 13.9 Å². The average molecular weight is 221 g/mol. The first kappa shape index (κ1) is 10.6. The van der Waals surface area contributed by atoms with Gasteiger partial charge in [-0.3, -0.25) is 0 Å². The van der Waals surface area contributed by atoms with Crippen molar-refractivity contribution in [2.45, 2.75) is 6.92 Å². The zero-order valence-corrected chi connectivity index (χ0v) is 8.95. The maximum atomic E-state index is 5.90. The van der Waals surface area contributed by atoms with E-state index in [0.29, 0.717) is 15.8 Å². The SMILES string of the molecule is COCOc1c(Cl)ccc(Cl)c1C. The van der Waals surface area contributed by atoms with Crippen LogP contribution in [0.25, 0.3) is 0 Å². The van der Waals surface area contributed by atoms with Crippen LogP contribution in [0.15, 0.2) is 12.1 Å². The molecule has 0 radical (unpaired) electrons. The molecule has 2 nitrogen and oxygen atoms in total. The Labute approximate surface area is 87.4 Å². The van der Waals surface area contributed by atoms with Crippen LogP contribution in [0.4, 0.5) is 0 Å². The summed E-state index contributed by atoms with van der Waals surface area (Å²) in [4.78, 5) is 0. The standard InChI is InChI=1S/C9H10Cl2O2/c1-6-7(10)3-4-8(11)9(6)13-5-12-2/h3-4H,5H2,1-2H3. The van der Waals surface area contributed by atoms with Gasteiger partial charge in [-0.15, -0.1) is 0 Å². The van der Waals surface area contributed by atoms with Gasteiger partial charge < -0.3 is 9.47 Å². The van der Waals surface area contributed by atoms with Crippen LogP contribution in [-0.2, 0) is 4.74 Å². The van der Waals surface area contributed by atoms with Crippen LogP contribution < -0.4 is 4.74 Å². The van der Waals surface area contributed by atoms with Gasteiger partial charge in [0.05, 0.1) is 5.02 Å². The highest BCUT2D eigenvalue weighted by molar-refractivity contribution is 6.34. The van der Waals surface area contributed by atoms with E-state index in [4.69, 9.17) is 32.7 Å². The fourth-order valence-electron chi connectivity index (χ4n) is 0.930. The molecule has 0 saturated carbocycles. The van der Waals surface area contributed by atoms with Crippen molar-refractivity contribution < 1.29 is 9.47 Å². The molecule has 1 aromatic carbocycles. The number of hydrogen-bond acceptors (Lipinski definition) is 2. The van der Waals surface area contributed by atoms with Crippen LogP contribution in [0.2, 0.25) is 10.0 Å². The number of ether oxygens (including phenoxy) is 2. The molecule has 0 unspecified atom stereocenters. The molecular formula is C9H10Cl2O2. The van der Waals surface area contributed by atoms with Gasteiger partial charge >= 0.3 is 0 Å². The minimum Gasteiger partial charge on any atom is -0.466 e. The summed E-state index contributed by atoms with van der Waals surface area (Å²) in [6.45, 7) is 2.01. The summed E-state index contributed by atoms with van der Waals surface area (Å²) in [5.74, 6) is 0.580. The van der Waals surface area contributed by atoms with Crippen molar-refractivity contribution in [3.63, 3.8) is 0 Å². The molecule has 0 amide bonds. The van der Waals surface area contributed by atoms with Crippen LogP contribution in [0.1, 0.15) is 5.56 Å². The lowest BCUT2D eigenvalue weighted by Gasteiger charge is -2.10. The van der Waals surface area contributed by atoms with E-state index < -0.39 is 0 Å². The number of halogens is 2. The van der Waals surface area contributed by atoms with Crippen LogP contribution >= 0.6 is 23.2 Å². The number of hydrogen-bond donors (Lipinski definition) is 0. The summed E-state index contributed by atoms with van der Waals surface area (Å²) < 4.78 is 10.0. The minimum absolute atomic E-state index is 0.168. The summed E-state index contributed by atoms with van der Waals surface area (Å²) >= 11 is 11.8. The molecule has 0 aliphatic heterocycles. The molecule has 13 heavy (non-hydrogen) atoms. The molecule has 0 saturated heterocycles. The Hall–Kier alpha value is -0.440. The molecule has 1 aromatic rings. The third-order valence-electron chi connectivity index (χ3n) is 1.61. The lowest BCUT2D eigenvalue weighted by Crippen LogP contribution is -2.01. The van der Waals surface area contributed by atoms with Crippen molar-refractivity contribution in [3.05, 3.63) is 27.7 Å². The Morgan fingerprint density at radius 3 is 2.46 bits per heavy atom. The molecule has 4 heteroatoms. The summed E-state index contributed by atoms with van der Waals surface area (Å²) in [6, 6.07) is 3.43. The van der Waals surface area contributed by atoms with E-state index >= 15 is 0 Å². The fourth-order valence-corrected chi connectivity index (χ4v) is 1.34. The maximum Gasteiger partial charge on any atom is 0.188 e. The molecular weight excluding hydrogens is 211 g/mol. The van der Waals surface area contributed by atoms with Gasteiger partial charge in [0.15, 0.2) is 6.79 Å². The average Bonchev–Trinajstić information content (AvgIpc) is 2.12. The summed E-state index contributed by atoms with van der Waals surface area (Å²) in [6.07, 6.45) is 0. The summed E-state index contributed by atoms with van der Waals surface area (Å²) in [5.41, 5.74) is 0.825. The molecule has 0 bridgehead atoms. The predicted molar refractivity (Wildman–Crippen MR) is 53.7 cm³/mol. The monoisotopic (exact) mass is 220 g/mol. The van der Waals surface area contributed by atoms with Crippen LogP contribution in [0, 0.1) is 6.92 Å². The smallest absolute Gasteiger partial charge is 0.188 e. The Balaban J connectivity index is 2.96.